The fourth-order valence-electron chi connectivity index (χ4n) is 4.35. The van der Waals surface area contributed by atoms with Crippen LogP contribution in [0.15, 0.2) is 72.8 Å². The molecule has 6 heteroatoms. The van der Waals surface area contributed by atoms with E-state index >= 15 is 0 Å². The zero-order valence-electron chi connectivity index (χ0n) is 19.8. The van der Waals surface area contributed by atoms with Crippen LogP contribution < -0.4 is 16.4 Å². The Bertz CT molecular complexity index is 1210. The summed E-state index contributed by atoms with van der Waals surface area (Å²) >= 11 is 0. The molecule has 3 aromatic carbocycles. The molecule has 0 saturated carbocycles. The molecule has 3 aromatic rings. The molecular weight excluding hydrogens is 438 g/mol. The number of carbonyl (C=O) groups excluding carboxylic acids is 3. The molecule has 0 unspecified atom stereocenters. The van der Waals surface area contributed by atoms with E-state index in [9.17, 15) is 14.4 Å². The van der Waals surface area contributed by atoms with Gasteiger partial charge < -0.3 is 16.4 Å². The second kappa shape index (κ2) is 11.6. The number of rotatable bonds is 11. The van der Waals surface area contributed by atoms with Gasteiger partial charge in [0, 0.05) is 41.0 Å². The first-order valence-electron chi connectivity index (χ1n) is 12.2. The van der Waals surface area contributed by atoms with E-state index in [0.29, 0.717) is 35.2 Å². The maximum Gasteiger partial charge on any atom is 0.237 e. The van der Waals surface area contributed by atoms with Crippen molar-refractivity contribution in [2.75, 3.05) is 18.4 Å². The lowest BCUT2D eigenvalue weighted by Crippen LogP contribution is -2.42. The van der Waals surface area contributed by atoms with E-state index in [-0.39, 0.29) is 17.5 Å². The van der Waals surface area contributed by atoms with Crippen molar-refractivity contribution >= 4 is 23.2 Å². The molecule has 0 heterocycles. The van der Waals surface area contributed by atoms with Crippen LogP contribution in [0.25, 0.3) is 0 Å². The number of nitrogens with one attached hydrogen (secondary N) is 2. The first kappa shape index (κ1) is 24.4. The summed E-state index contributed by atoms with van der Waals surface area (Å²) in [5.74, 6) is -0.321. The van der Waals surface area contributed by atoms with Gasteiger partial charge in [-0.05, 0) is 43.0 Å². The lowest BCUT2D eigenvalue weighted by atomic mass is 9.84. The number of ketones is 2. The molecule has 0 spiro atoms. The van der Waals surface area contributed by atoms with Crippen LogP contribution in [0.4, 0.5) is 5.69 Å². The first-order valence-corrected chi connectivity index (χ1v) is 12.2. The Kier molecular flexibility index (Phi) is 8.06. The Balaban J connectivity index is 1.14. The molecule has 180 valence electrons. The summed E-state index contributed by atoms with van der Waals surface area (Å²) < 4.78 is 0. The molecule has 0 bridgehead atoms. The smallest absolute Gasteiger partial charge is 0.237 e. The fourth-order valence-corrected chi connectivity index (χ4v) is 4.35. The number of anilines is 1. The van der Waals surface area contributed by atoms with Gasteiger partial charge in [-0.2, -0.15) is 0 Å². The summed E-state index contributed by atoms with van der Waals surface area (Å²) in [7, 11) is 0. The third kappa shape index (κ3) is 6.03. The van der Waals surface area contributed by atoms with Crippen LogP contribution >= 0.6 is 0 Å². The molecule has 1 aliphatic rings. The maximum atomic E-state index is 12.8. The maximum absolute atomic E-state index is 12.8. The molecule has 0 aromatic heterocycles. The molecule has 0 aliphatic heterocycles. The van der Waals surface area contributed by atoms with Gasteiger partial charge in [-0.25, -0.2) is 0 Å². The summed E-state index contributed by atoms with van der Waals surface area (Å²) in [4.78, 5) is 37.7. The summed E-state index contributed by atoms with van der Waals surface area (Å²) in [5.41, 5.74) is 9.76. The predicted octanol–water partition coefficient (Wildman–Crippen LogP) is 4.12. The highest BCUT2D eigenvalue weighted by Crippen LogP contribution is 2.29. The van der Waals surface area contributed by atoms with Crippen LogP contribution in [0, 0.1) is 0 Å². The fraction of sp³-hybridized carbons (Fsp3) is 0.276. The third-order valence-corrected chi connectivity index (χ3v) is 6.29. The van der Waals surface area contributed by atoms with E-state index in [2.05, 4.69) is 10.6 Å². The molecule has 1 amide bonds. The van der Waals surface area contributed by atoms with E-state index in [1.807, 2.05) is 36.4 Å². The minimum absolute atomic E-state index is 0.102. The van der Waals surface area contributed by atoms with E-state index in [0.717, 1.165) is 43.5 Å². The summed E-state index contributed by atoms with van der Waals surface area (Å²) in [6.45, 7) is 1.39. The second-order valence-electron chi connectivity index (χ2n) is 8.89. The van der Waals surface area contributed by atoms with Crippen molar-refractivity contribution in [1.82, 2.24) is 5.32 Å². The van der Waals surface area contributed by atoms with E-state index in [1.165, 1.54) is 0 Å². The van der Waals surface area contributed by atoms with Gasteiger partial charge in [-0.3, -0.25) is 14.4 Å². The van der Waals surface area contributed by atoms with Gasteiger partial charge in [0.2, 0.25) is 5.91 Å². The van der Waals surface area contributed by atoms with Crippen LogP contribution in [0.5, 0.6) is 0 Å². The molecule has 6 nitrogen and oxygen atoms in total. The van der Waals surface area contributed by atoms with Gasteiger partial charge >= 0.3 is 0 Å². The van der Waals surface area contributed by atoms with Crippen LogP contribution in [-0.4, -0.2) is 36.6 Å². The van der Waals surface area contributed by atoms with Gasteiger partial charge in [0.25, 0.3) is 0 Å². The standard InChI is InChI=1S/C29H31N3O3/c30-26(18-20-10-4-3-5-11-20)29(35)32-17-9-2-1-8-16-31-21-14-15-24-25(19-21)28(34)23-13-7-6-12-22(23)27(24)33/h3-7,10-15,19,26,31H,1-2,8-9,16-18,30H2,(H,32,35)/t26-/m0/s1. The Morgan fingerprint density at radius 2 is 1.31 bits per heavy atom. The monoisotopic (exact) mass is 469 g/mol. The minimum Gasteiger partial charge on any atom is -0.385 e. The van der Waals surface area contributed by atoms with Gasteiger partial charge in [-0.15, -0.1) is 0 Å². The quantitative estimate of drug-likeness (QED) is 0.287. The van der Waals surface area contributed by atoms with E-state index < -0.39 is 6.04 Å². The van der Waals surface area contributed by atoms with Gasteiger partial charge in [0.05, 0.1) is 6.04 Å². The summed E-state index contributed by atoms with van der Waals surface area (Å²) in [6, 6.07) is 21.6. The van der Waals surface area contributed by atoms with Gasteiger partial charge in [-0.1, -0.05) is 67.4 Å². The number of hydrogen-bond donors (Lipinski definition) is 3. The van der Waals surface area contributed by atoms with E-state index in [4.69, 9.17) is 5.73 Å². The van der Waals surface area contributed by atoms with Crippen molar-refractivity contribution in [3.63, 3.8) is 0 Å². The number of fused-ring (bicyclic) bond motifs is 2. The zero-order valence-corrected chi connectivity index (χ0v) is 19.8. The predicted molar refractivity (Wildman–Crippen MR) is 138 cm³/mol. The zero-order chi connectivity index (χ0) is 24.6. The molecular formula is C29H31N3O3. The molecule has 4 N–H and O–H groups in total. The lowest BCUT2D eigenvalue weighted by Gasteiger charge is -2.18. The number of benzene rings is 3. The Morgan fingerprint density at radius 3 is 2.03 bits per heavy atom. The van der Waals surface area contributed by atoms with Crippen molar-refractivity contribution in [2.45, 2.75) is 38.1 Å². The highest BCUT2D eigenvalue weighted by atomic mass is 16.2. The molecule has 0 saturated heterocycles. The van der Waals surface area contributed by atoms with E-state index in [1.54, 1.807) is 36.4 Å². The minimum atomic E-state index is -0.533. The summed E-state index contributed by atoms with van der Waals surface area (Å²) in [5, 5.41) is 6.28. The lowest BCUT2D eigenvalue weighted by molar-refractivity contribution is -0.122. The second-order valence-corrected chi connectivity index (χ2v) is 8.89. The number of nitrogens with two attached hydrogens (primary N) is 1. The van der Waals surface area contributed by atoms with Crippen LogP contribution in [0.3, 0.4) is 0 Å². The van der Waals surface area contributed by atoms with Crippen LogP contribution in [0.2, 0.25) is 0 Å². The molecule has 1 atom stereocenters. The third-order valence-electron chi connectivity index (χ3n) is 6.29. The normalized spacial score (nSPS) is 13.1. The molecule has 0 fully saturated rings. The number of hydrogen-bond acceptors (Lipinski definition) is 5. The Labute approximate surface area is 205 Å². The topological polar surface area (TPSA) is 101 Å². The Hall–Kier alpha value is -3.77. The Morgan fingerprint density at radius 1 is 0.714 bits per heavy atom. The number of carbonyl (C=O) groups is 3. The average Bonchev–Trinajstić information content (AvgIpc) is 2.89. The highest BCUT2D eigenvalue weighted by Gasteiger charge is 2.29. The SMILES string of the molecule is N[C@@H](Cc1ccccc1)C(=O)NCCCCCCNc1ccc2c(c1)C(=O)c1ccccc1C2=O. The van der Waals surface area contributed by atoms with Crippen LogP contribution in [-0.2, 0) is 11.2 Å². The van der Waals surface area contributed by atoms with Gasteiger partial charge in [0.1, 0.15) is 0 Å². The first-order chi connectivity index (χ1) is 17.0. The van der Waals surface area contributed by atoms with Crippen molar-refractivity contribution in [1.29, 1.82) is 0 Å². The molecule has 1 aliphatic carbocycles. The van der Waals surface area contributed by atoms with Gasteiger partial charge in [0.15, 0.2) is 11.6 Å². The van der Waals surface area contributed by atoms with Crippen LogP contribution in [0.1, 0.15) is 63.1 Å². The van der Waals surface area contributed by atoms with Crippen molar-refractivity contribution in [3.05, 3.63) is 101 Å². The average molecular weight is 470 g/mol. The highest BCUT2D eigenvalue weighted by molar-refractivity contribution is 6.28. The molecule has 4 rings (SSSR count). The summed E-state index contributed by atoms with van der Waals surface area (Å²) in [6.07, 6.45) is 4.43. The largest absolute Gasteiger partial charge is 0.385 e. The van der Waals surface area contributed by atoms with Crippen molar-refractivity contribution < 1.29 is 14.4 Å². The molecule has 0 radical (unpaired) electrons. The molecule has 35 heavy (non-hydrogen) atoms. The number of unbranched alkanes of at least 4 members (excludes halogenated alkanes) is 3. The van der Waals surface area contributed by atoms with Crippen molar-refractivity contribution in [3.8, 4) is 0 Å². The van der Waals surface area contributed by atoms with Crippen molar-refractivity contribution in [2.24, 2.45) is 5.73 Å². The number of amides is 1.